The topological polar surface area (TPSA) is 21.3 Å². The molecule has 0 fully saturated rings. The lowest BCUT2D eigenvalue weighted by Gasteiger charge is -2.20. The molecule has 100 valence electrons. The summed E-state index contributed by atoms with van der Waals surface area (Å²) < 4.78 is 19.1. The standard InChI is InChI=1S/C15H22FNO/c1-5-9-17-12(4)14-10-13(16)7-8-15(14)18-11(3)6-2/h6-8,10-12,17H,2,5,9H2,1,3-4H3. The first kappa shape index (κ1) is 14.7. The average molecular weight is 251 g/mol. The number of halogens is 1. The Bertz CT molecular complexity index is 392. The summed E-state index contributed by atoms with van der Waals surface area (Å²) in [6.07, 6.45) is 2.67. The number of benzene rings is 1. The van der Waals surface area contributed by atoms with Crippen LogP contribution in [-0.4, -0.2) is 12.6 Å². The Morgan fingerprint density at radius 3 is 2.78 bits per heavy atom. The van der Waals surface area contributed by atoms with Gasteiger partial charge in [-0.1, -0.05) is 19.6 Å². The molecule has 1 N–H and O–H groups in total. The van der Waals surface area contributed by atoms with Gasteiger partial charge in [-0.25, -0.2) is 4.39 Å². The monoisotopic (exact) mass is 251 g/mol. The largest absolute Gasteiger partial charge is 0.486 e. The Labute approximate surface area is 109 Å². The first-order valence-corrected chi connectivity index (χ1v) is 6.40. The molecule has 0 spiro atoms. The van der Waals surface area contributed by atoms with Crippen molar-refractivity contribution in [3.8, 4) is 5.75 Å². The highest BCUT2D eigenvalue weighted by Gasteiger charge is 2.13. The van der Waals surface area contributed by atoms with Crippen molar-refractivity contribution in [3.05, 3.63) is 42.2 Å². The van der Waals surface area contributed by atoms with Crippen molar-refractivity contribution in [1.82, 2.24) is 5.32 Å². The van der Waals surface area contributed by atoms with Gasteiger partial charge < -0.3 is 10.1 Å². The van der Waals surface area contributed by atoms with Gasteiger partial charge in [0.2, 0.25) is 0 Å². The number of ether oxygens (including phenoxy) is 1. The quantitative estimate of drug-likeness (QED) is 0.743. The molecule has 2 nitrogen and oxygen atoms in total. The highest BCUT2D eigenvalue weighted by atomic mass is 19.1. The molecule has 0 heterocycles. The van der Waals surface area contributed by atoms with E-state index in [-0.39, 0.29) is 18.0 Å². The second kappa shape index (κ2) is 7.17. The predicted octanol–water partition coefficient (Wildman–Crippen LogP) is 3.84. The molecule has 0 aromatic heterocycles. The minimum atomic E-state index is -0.242. The van der Waals surface area contributed by atoms with Crippen molar-refractivity contribution < 1.29 is 9.13 Å². The van der Waals surface area contributed by atoms with Crippen molar-refractivity contribution in [1.29, 1.82) is 0 Å². The maximum Gasteiger partial charge on any atom is 0.125 e. The van der Waals surface area contributed by atoms with Gasteiger partial charge >= 0.3 is 0 Å². The summed E-state index contributed by atoms with van der Waals surface area (Å²) in [6, 6.07) is 4.68. The van der Waals surface area contributed by atoms with Gasteiger partial charge in [0.25, 0.3) is 0 Å². The second-order valence-electron chi connectivity index (χ2n) is 4.42. The lowest BCUT2D eigenvalue weighted by atomic mass is 10.1. The van der Waals surface area contributed by atoms with Crippen LogP contribution in [-0.2, 0) is 0 Å². The zero-order valence-electron chi connectivity index (χ0n) is 11.4. The highest BCUT2D eigenvalue weighted by Crippen LogP contribution is 2.27. The van der Waals surface area contributed by atoms with Gasteiger partial charge in [0.15, 0.2) is 0 Å². The van der Waals surface area contributed by atoms with Gasteiger partial charge in [0.1, 0.15) is 17.7 Å². The molecule has 0 aliphatic heterocycles. The summed E-state index contributed by atoms with van der Waals surface area (Å²) in [6.45, 7) is 10.6. The molecule has 0 amide bonds. The predicted molar refractivity (Wildman–Crippen MR) is 73.4 cm³/mol. The van der Waals surface area contributed by atoms with Crippen LogP contribution in [0.1, 0.15) is 38.8 Å². The lowest BCUT2D eigenvalue weighted by molar-refractivity contribution is 0.264. The van der Waals surface area contributed by atoms with E-state index >= 15 is 0 Å². The van der Waals surface area contributed by atoms with Crippen LogP contribution in [0.2, 0.25) is 0 Å². The molecule has 3 heteroatoms. The van der Waals surface area contributed by atoms with Crippen molar-refractivity contribution in [3.63, 3.8) is 0 Å². The Morgan fingerprint density at radius 2 is 2.17 bits per heavy atom. The maximum absolute atomic E-state index is 13.3. The molecule has 1 aromatic rings. The molecule has 0 aliphatic carbocycles. The molecule has 2 unspecified atom stereocenters. The average Bonchev–Trinajstić information content (AvgIpc) is 2.37. The summed E-state index contributed by atoms with van der Waals surface area (Å²) in [7, 11) is 0. The van der Waals surface area contributed by atoms with Gasteiger partial charge in [-0.15, -0.1) is 0 Å². The molecular formula is C15H22FNO. The van der Waals surface area contributed by atoms with Crippen LogP contribution in [0.5, 0.6) is 5.75 Å². The Hall–Kier alpha value is -1.35. The zero-order chi connectivity index (χ0) is 13.5. The van der Waals surface area contributed by atoms with E-state index in [4.69, 9.17) is 4.74 Å². The van der Waals surface area contributed by atoms with Crippen LogP contribution in [0, 0.1) is 5.82 Å². The minimum absolute atomic E-state index is 0.0627. The number of nitrogens with one attached hydrogen (secondary N) is 1. The second-order valence-corrected chi connectivity index (χ2v) is 4.42. The molecule has 0 radical (unpaired) electrons. The van der Waals surface area contributed by atoms with Crippen molar-refractivity contribution >= 4 is 0 Å². The van der Waals surface area contributed by atoms with Gasteiger partial charge in [-0.3, -0.25) is 0 Å². The van der Waals surface area contributed by atoms with Crippen LogP contribution in [0.15, 0.2) is 30.9 Å². The molecule has 0 saturated heterocycles. The molecule has 0 saturated carbocycles. The molecule has 0 aliphatic rings. The van der Waals surface area contributed by atoms with Crippen LogP contribution in [0.3, 0.4) is 0 Å². The summed E-state index contributed by atoms with van der Waals surface area (Å²) in [5.74, 6) is 0.466. The first-order chi connectivity index (χ1) is 8.58. The number of hydrogen-bond acceptors (Lipinski definition) is 2. The molecular weight excluding hydrogens is 229 g/mol. The van der Waals surface area contributed by atoms with Crippen LogP contribution in [0.25, 0.3) is 0 Å². The summed E-state index contributed by atoms with van der Waals surface area (Å²) in [4.78, 5) is 0. The molecule has 1 rings (SSSR count). The molecule has 2 atom stereocenters. The van der Waals surface area contributed by atoms with Gasteiger partial charge in [0.05, 0.1) is 0 Å². The van der Waals surface area contributed by atoms with Gasteiger partial charge in [-0.2, -0.15) is 0 Å². The first-order valence-electron chi connectivity index (χ1n) is 6.40. The van der Waals surface area contributed by atoms with Crippen LogP contribution in [0.4, 0.5) is 4.39 Å². The zero-order valence-corrected chi connectivity index (χ0v) is 11.4. The minimum Gasteiger partial charge on any atom is -0.486 e. The van der Waals surface area contributed by atoms with E-state index in [0.717, 1.165) is 18.5 Å². The summed E-state index contributed by atoms with van der Waals surface area (Å²) in [5, 5.41) is 3.33. The molecule has 1 aromatic carbocycles. The number of hydrogen-bond donors (Lipinski definition) is 1. The van der Waals surface area contributed by atoms with E-state index in [9.17, 15) is 4.39 Å². The molecule has 0 bridgehead atoms. The fraction of sp³-hybridized carbons (Fsp3) is 0.467. The van der Waals surface area contributed by atoms with Crippen LogP contribution < -0.4 is 10.1 Å². The van der Waals surface area contributed by atoms with Gasteiger partial charge in [0, 0.05) is 11.6 Å². The van der Waals surface area contributed by atoms with Crippen molar-refractivity contribution in [2.45, 2.75) is 39.3 Å². The SMILES string of the molecule is C=CC(C)Oc1ccc(F)cc1C(C)NCCC. The third-order valence-corrected chi connectivity index (χ3v) is 2.78. The summed E-state index contributed by atoms with van der Waals surface area (Å²) in [5.41, 5.74) is 0.845. The van der Waals surface area contributed by atoms with E-state index in [2.05, 4.69) is 18.8 Å². The Balaban J connectivity index is 2.91. The maximum atomic E-state index is 13.3. The molecule has 18 heavy (non-hydrogen) atoms. The van der Waals surface area contributed by atoms with Crippen molar-refractivity contribution in [2.75, 3.05) is 6.54 Å². The lowest BCUT2D eigenvalue weighted by Crippen LogP contribution is -2.21. The van der Waals surface area contributed by atoms with Crippen LogP contribution >= 0.6 is 0 Å². The third-order valence-electron chi connectivity index (χ3n) is 2.78. The Kier molecular flexibility index (Phi) is 5.86. The highest BCUT2D eigenvalue weighted by molar-refractivity contribution is 5.36. The van der Waals surface area contributed by atoms with E-state index in [0.29, 0.717) is 5.75 Å². The van der Waals surface area contributed by atoms with Gasteiger partial charge in [-0.05, 0) is 45.0 Å². The van der Waals surface area contributed by atoms with E-state index < -0.39 is 0 Å². The summed E-state index contributed by atoms with van der Waals surface area (Å²) >= 11 is 0. The smallest absolute Gasteiger partial charge is 0.125 e. The van der Waals surface area contributed by atoms with E-state index in [1.165, 1.54) is 12.1 Å². The normalized spacial score (nSPS) is 14.0. The fourth-order valence-electron chi connectivity index (χ4n) is 1.68. The van der Waals surface area contributed by atoms with E-state index in [1.54, 1.807) is 12.1 Å². The van der Waals surface area contributed by atoms with Crippen molar-refractivity contribution in [2.24, 2.45) is 0 Å². The number of rotatable bonds is 7. The Morgan fingerprint density at radius 1 is 1.44 bits per heavy atom. The third kappa shape index (κ3) is 4.15. The van der Waals surface area contributed by atoms with E-state index in [1.807, 2.05) is 13.8 Å². The fourth-order valence-corrected chi connectivity index (χ4v) is 1.68.